The molecule has 5 N–H and O–H groups in total. The molecule has 0 aliphatic heterocycles. The van der Waals surface area contributed by atoms with Gasteiger partial charge in [-0.2, -0.15) is 0 Å². The average Bonchev–Trinajstić information content (AvgIpc) is 3.40. The number of carboxylic acid groups (broad SMARTS) is 1. The number of anilines is 1. The Hall–Kier alpha value is -4.77. The van der Waals surface area contributed by atoms with Gasteiger partial charge in [0.05, 0.1) is 12.5 Å². The van der Waals surface area contributed by atoms with E-state index in [1.807, 2.05) is 60.7 Å². The molecule has 10 nitrogen and oxygen atoms in total. The van der Waals surface area contributed by atoms with Gasteiger partial charge in [-0.1, -0.05) is 72.8 Å². The SMILES string of the molecule is C[C@H](NC(=O)c1csc(NC(=O)NCc2ccccc2)n1)C(=O)NC(CC(=O)O)c1cccc2ccccc12. The van der Waals surface area contributed by atoms with Crippen LogP contribution in [0.1, 0.15) is 41.0 Å². The Morgan fingerprint density at radius 2 is 1.64 bits per heavy atom. The molecule has 0 aliphatic rings. The molecule has 0 fully saturated rings. The van der Waals surface area contributed by atoms with Gasteiger partial charge in [-0.3, -0.25) is 19.7 Å². The van der Waals surface area contributed by atoms with Crippen LogP contribution in [0, 0.1) is 0 Å². The highest BCUT2D eigenvalue weighted by atomic mass is 32.1. The Bertz CT molecular complexity index is 1480. The fourth-order valence-electron chi connectivity index (χ4n) is 3.96. The summed E-state index contributed by atoms with van der Waals surface area (Å²) in [7, 11) is 0. The third-order valence-corrected chi connectivity index (χ3v) is 6.65. The highest BCUT2D eigenvalue weighted by molar-refractivity contribution is 7.14. The molecule has 0 bridgehead atoms. The normalized spacial score (nSPS) is 12.2. The molecule has 200 valence electrons. The van der Waals surface area contributed by atoms with Crippen molar-refractivity contribution in [2.24, 2.45) is 0 Å². The van der Waals surface area contributed by atoms with Gasteiger partial charge in [0.2, 0.25) is 5.91 Å². The van der Waals surface area contributed by atoms with Crippen molar-refractivity contribution in [1.82, 2.24) is 20.9 Å². The Labute approximate surface area is 228 Å². The Kier molecular flexibility index (Phi) is 8.85. The number of aromatic nitrogens is 1. The highest BCUT2D eigenvalue weighted by Crippen LogP contribution is 2.26. The molecule has 1 unspecified atom stereocenters. The van der Waals surface area contributed by atoms with E-state index in [0.717, 1.165) is 27.7 Å². The van der Waals surface area contributed by atoms with E-state index < -0.39 is 35.9 Å². The minimum atomic E-state index is -1.07. The lowest BCUT2D eigenvalue weighted by molar-refractivity contribution is -0.137. The number of benzene rings is 3. The van der Waals surface area contributed by atoms with Gasteiger partial charge in [0.15, 0.2) is 5.13 Å². The monoisotopic (exact) mass is 545 g/mol. The van der Waals surface area contributed by atoms with Gasteiger partial charge in [-0.15, -0.1) is 11.3 Å². The van der Waals surface area contributed by atoms with Crippen molar-refractivity contribution in [2.75, 3.05) is 5.32 Å². The molecule has 0 radical (unpaired) electrons. The number of aliphatic carboxylic acids is 1. The summed E-state index contributed by atoms with van der Waals surface area (Å²) >= 11 is 1.07. The molecule has 11 heteroatoms. The van der Waals surface area contributed by atoms with E-state index in [4.69, 9.17) is 0 Å². The Morgan fingerprint density at radius 3 is 2.41 bits per heavy atom. The molecule has 4 amide bonds. The number of urea groups is 1. The van der Waals surface area contributed by atoms with Gasteiger partial charge >= 0.3 is 12.0 Å². The Morgan fingerprint density at radius 1 is 0.923 bits per heavy atom. The third-order valence-electron chi connectivity index (χ3n) is 5.89. The maximum Gasteiger partial charge on any atom is 0.321 e. The van der Waals surface area contributed by atoms with Gasteiger partial charge < -0.3 is 21.1 Å². The average molecular weight is 546 g/mol. The van der Waals surface area contributed by atoms with Gasteiger partial charge in [0.25, 0.3) is 5.91 Å². The van der Waals surface area contributed by atoms with Gasteiger partial charge in [0.1, 0.15) is 11.7 Å². The van der Waals surface area contributed by atoms with Gasteiger partial charge in [0, 0.05) is 11.9 Å². The predicted molar refractivity (Wildman–Crippen MR) is 148 cm³/mol. The molecule has 0 saturated heterocycles. The maximum atomic E-state index is 12.9. The van der Waals surface area contributed by atoms with E-state index in [2.05, 4.69) is 26.3 Å². The molecular formula is C28H27N5O5S. The molecular weight excluding hydrogens is 518 g/mol. The van der Waals surface area contributed by atoms with Crippen LogP contribution in [0.25, 0.3) is 10.8 Å². The van der Waals surface area contributed by atoms with Crippen LogP contribution in [0.4, 0.5) is 9.93 Å². The molecule has 4 aromatic rings. The van der Waals surface area contributed by atoms with Crippen LogP contribution in [-0.2, 0) is 16.1 Å². The van der Waals surface area contributed by atoms with Crippen LogP contribution in [0.3, 0.4) is 0 Å². The molecule has 39 heavy (non-hydrogen) atoms. The van der Waals surface area contributed by atoms with Gasteiger partial charge in [-0.05, 0) is 28.8 Å². The van der Waals surface area contributed by atoms with Crippen LogP contribution in [0.2, 0.25) is 0 Å². The lowest BCUT2D eigenvalue weighted by atomic mass is 9.96. The van der Waals surface area contributed by atoms with E-state index in [0.29, 0.717) is 12.1 Å². The number of nitrogens with zero attached hydrogens (tertiary/aromatic N) is 1. The number of thiazole rings is 1. The Balaban J connectivity index is 1.35. The molecule has 0 saturated carbocycles. The summed E-state index contributed by atoms with van der Waals surface area (Å²) < 4.78 is 0. The first kappa shape index (κ1) is 27.3. The smallest absolute Gasteiger partial charge is 0.321 e. The fraction of sp³-hybridized carbons (Fsp3) is 0.179. The van der Waals surface area contributed by atoms with Crippen LogP contribution >= 0.6 is 11.3 Å². The quantitative estimate of drug-likeness (QED) is 0.203. The second-order valence-corrected chi connectivity index (χ2v) is 9.61. The summed E-state index contributed by atoms with van der Waals surface area (Å²) in [6.07, 6.45) is -0.326. The first-order valence-electron chi connectivity index (χ1n) is 12.1. The number of carbonyl (C=O) groups is 4. The van der Waals surface area contributed by atoms with Crippen molar-refractivity contribution in [1.29, 1.82) is 0 Å². The van der Waals surface area contributed by atoms with E-state index in [9.17, 15) is 24.3 Å². The number of carbonyl (C=O) groups excluding carboxylic acids is 3. The van der Waals surface area contributed by atoms with Crippen LogP contribution < -0.4 is 21.3 Å². The minimum Gasteiger partial charge on any atom is -0.481 e. The molecule has 3 aromatic carbocycles. The summed E-state index contributed by atoms with van der Waals surface area (Å²) in [5.41, 5.74) is 1.64. The standard InChI is InChI=1S/C28H27N5O5S/c1-17(25(36)31-22(14-24(34)35)21-13-7-11-19-10-5-6-12-20(19)21)30-26(37)23-16-39-28(32-23)33-27(38)29-15-18-8-3-2-4-9-18/h2-13,16-17,22H,14-15H2,1H3,(H,30,37)(H,31,36)(H,34,35)(H2,29,32,33,38)/t17-,22?/m0/s1. The second-order valence-electron chi connectivity index (χ2n) is 8.75. The third kappa shape index (κ3) is 7.39. The highest BCUT2D eigenvalue weighted by Gasteiger charge is 2.24. The maximum absolute atomic E-state index is 12.9. The van der Waals surface area contributed by atoms with Crippen molar-refractivity contribution in [2.45, 2.75) is 32.0 Å². The molecule has 0 aliphatic carbocycles. The number of amides is 4. The lowest BCUT2D eigenvalue weighted by Gasteiger charge is -2.22. The fourth-order valence-corrected chi connectivity index (χ4v) is 4.64. The summed E-state index contributed by atoms with van der Waals surface area (Å²) in [4.78, 5) is 53.5. The van der Waals surface area contributed by atoms with Crippen LogP contribution in [0.5, 0.6) is 0 Å². The molecule has 4 rings (SSSR count). The minimum absolute atomic E-state index is 0.0362. The molecule has 0 spiro atoms. The predicted octanol–water partition coefficient (Wildman–Crippen LogP) is 4.07. The summed E-state index contributed by atoms with van der Waals surface area (Å²) in [5.74, 6) is -2.22. The van der Waals surface area contributed by atoms with Crippen LogP contribution in [-0.4, -0.2) is 39.9 Å². The van der Waals surface area contributed by atoms with E-state index >= 15 is 0 Å². The number of hydrogen-bond donors (Lipinski definition) is 5. The molecule has 2 atom stereocenters. The van der Waals surface area contributed by atoms with Crippen molar-refractivity contribution >= 4 is 51.1 Å². The lowest BCUT2D eigenvalue weighted by Crippen LogP contribution is -2.46. The van der Waals surface area contributed by atoms with Crippen LogP contribution in [0.15, 0.2) is 78.2 Å². The van der Waals surface area contributed by atoms with Crippen molar-refractivity contribution < 1.29 is 24.3 Å². The second kappa shape index (κ2) is 12.7. The van der Waals surface area contributed by atoms with Crippen molar-refractivity contribution in [3.63, 3.8) is 0 Å². The largest absolute Gasteiger partial charge is 0.481 e. The topological polar surface area (TPSA) is 150 Å². The number of fused-ring (bicyclic) bond motifs is 1. The van der Waals surface area contributed by atoms with E-state index in [1.54, 1.807) is 12.1 Å². The zero-order valence-corrected chi connectivity index (χ0v) is 21.8. The number of hydrogen-bond acceptors (Lipinski definition) is 6. The summed E-state index contributed by atoms with van der Waals surface area (Å²) in [6.45, 7) is 1.83. The summed E-state index contributed by atoms with van der Waals surface area (Å²) in [5, 5.41) is 23.5. The first-order valence-corrected chi connectivity index (χ1v) is 13.0. The zero-order chi connectivity index (χ0) is 27.8. The zero-order valence-electron chi connectivity index (χ0n) is 21.0. The van der Waals surface area contributed by atoms with Crippen molar-refractivity contribution in [3.05, 3.63) is 95.0 Å². The van der Waals surface area contributed by atoms with Gasteiger partial charge in [-0.25, -0.2) is 9.78 Å². The number of carboxylic acids is 1. The number of nitrogens with one attached hydrogen (secondary N) is 4. The molecule has 1 heterocycles. The number of rotatable bonds is 10. The van der Waals surface area contributed by atoms with E-state index in [1.165, 1.54) is 12.3 Å². The molecule has 1 aromatic heterocycles. The van der Waals surface area contributed by atoms with Crippen molar-refractivity contribution in [3.8, 4) is 0 Å². The summed E-state index contributed by atoms with van der Waals surface area (Å²) in [6, 6.07) is 20.1. The van der Waals surface area contributed by atoms with E-state index in [-0.39, 0.29) is 17.2 Å². The first-order chi connectivity index (χ1) is 18.8.